The van der Waals surface area contributed by atoms with Crippen LogP contribution >= 0.6 is 11.8 Å². The second kappa shape index (κ2) is 6.48. The largest absolute Gasteiger partial charge is 0.496 e. The third-order valence-electron chi connectivity index (χ3n) is 2.93. The van der Waals surface area contributed by atoms with Crippen molar-refractivity contribution in [1.82, 2.24) is 0 Å². The summed E-state index contributed by atoms with van der Waals surface area (Å²) in [6, 6.07) is 13.3. The van der Waals surface area contributed by atoms with E-state index in [4.69, 9.17) is 9.84 Å². The van der Waals surface area contributed by atoms with Gasteiger partial charge in [0, 0.05) is 4.90 Å². The summed E-state index contributed by atoms with van der Waals surface area (Å²) in [5.41, 5.74) is 2.16. The Morgan fingerprint density at radius 3 is 2.35 bits per heavy atom. The van der Waals surface area contributed by atoms with Crippen LogP contribution in [0.5, 0.6) is 5.75 Å². The van der Waals surface area contributed by atoms with E-state index in [0.717, 1.165) is 16.9 Å². The molecule has 104 valence electrons. The Morgan fingerprint density at radius 2 is 1.80 bits per heavy atom. The van der Waals surface area contributed by atoms with Crippen LogP contribution in [0.3, 0.4) is 0 Å². The van der Waals surface area contributed by atoms with Crippen LogP contribution in [0, 0.1) is 0 Å². The van der Waals surface area contributed by atoms with Crippen molar-refractivity contribution in [2.45, 2.75) is 11.8 Å². The number of carbonyl (C=O) groups is 1. The van der Waals surface area contributed by atoms with Crippen LogP contribution in [0.25, 0.3) is 11.1 Å². The highest BCUT2D eigenvalue weighted by Gasteiger charge is 2.11. The van der Waals surface area contributed by atoms with Crippen molar-refractivity contribution < 1.29 is 14.6 Å². The minimum absolute atomic E-state index is 0.175. The topological polar surface area (TPSA) is 46.5 Å². The van der Waals surface area contributed by atoms with Crippen LogP contribution in [0.15, 0.2) is 47.4 Å². The Labute approximate surface area is 122 Å². The summed E-state index contributed by atoms with van der Waals surface area (Å²) in [4.78, 5) is 12.3. The molecule has 0 bridgehead atoms. The Morgan fingerprint density at radius 1 is 1.15 bits per heavy atom. The molecule has 0 spiro atoms. The molecule has 20 heavy (non-hydrogen) atoms. The van der Waals surface area contributed by atoms with Gasteiger partial charge in [-0.3, -0.25) is 0 Å². The molecule has 0 atom stereocenters. The fourth-order valence-electron chi connectivity index (χ4n) is 1.96. The highest BCUT2D eigenvalue weighted by molar-refractivity contribution is 7.99. The monoisotopic (exact) mass is 288 g/mol. The predicted molar refractivity (Wildman–Crippen MR) is 81.8 cm³/mol. The molecule has 0 aromatic heterocycles. The molecule has 0 saturated carbocycles. The first-order valence-corrected chi connectivity index (χ1v) is 7.29. The molecule has 4 heteroatoms. The number of rotatable bonds is 5. The molecule has 1 N–H and O–H groups in total. The first-order valence-electron chi connectivity index (χ1n) is 6.30. The van der Waals surface area contributed by atoms with Crippen LogP contribution in [-0.2, 0) is 0 Å². The summed E-state index contributed by atoms with van der Waals surface area (Å²) in [6.45, 7) is 2.12. The quantitative estimate of drug-likeness (QED) is 0.839. The molecule has 0 unspecified atom stereocenters. The average Bonchev–Trinajstić information content (AvgIpc) is 2.47. The number of hydrogen-bond donors (Lipinski definition) is 1. The number of carboxylic acid groups (broad SMARTS) is 1. The maximum atomic E-state index is 11.1. The molecule has 2 aromatic rings. The molecule has 0 aliphatic carbocycles. The highest BCUT2D eigenvalue weighted by atomic mass is 32.2. The molecule has 2 rings (SSSR count). The van der Waals surface area contributed by atoms with Crippen molar-refractivity contribution >= 4 is 17.7 Å². The first kappa shape index (κ1) is 14.5. The lowest BCUT2D eigenvalue weighted by Crippen LogP contribution is -2.00. The highest BCUT2D eigenvalue weighted by Crippen LogP contribution is 2.29. The molecule has 0 heterocycles. The van der Waals surface area contributed by atoms with Crippen molar-refractivity contribution in [3.63, 3.8) is 0 Å². The summed E-state index contributed by atoms with van der Waals surface area (Å²) < 4.78 is 5.15. The maximum absolute atomic E-state index is 11.1. The molecular weight excluding hydrogens is 272 g/mol. The molecule has 0 saturated heterocycles. The fourth-order valence-corrected chi connectivity index (χ4v) is 2.62. The van der Waals surface area contributed by atoms with Gasteiger partial charge in [0.25, 0.3) is 0 Å². The van der Waals surface area contributed by atoms with Crippen molar-refractivity contribution in [1.29, 1.82) is 0 Å². The van der Waals surface area contributed by atoms with Gasteiger partial charge in [0.05, 0.1) is 7.11 Å². The zero-order valence-electron chi connectivity index (χ0n) is 11.4. The second-order valence-corrected chi connectivity index (χ2v) is 5.52. The van der Waals surface area contributed by atoms with E-state index in [1.165, 1.54) is 12.0 Å². The van der Waals surface area contributed by atoms with Gasteiger partial charge in [0.15, 0.2) is 0 Å². The van der Waals surface area contributed by atoms with Crippen molar-refractivity contribution in [2.75, 3.05) is 12.9 Å². The van der Waals surface area contributed by atoms with Gasteiger partial charge in [-0.1, -0.05) is 25.1 Å². The Kier molecular flexibility index (Phi) is 4.69. The van der Waals surface area contributed by atoms with E-state index in [2.05, 4.69) is 19.1 Å². The number of hydrogen-bond acceptors (Lipinski definition) is 3. The van der Waals surface area contributed by atoms with E-state index in [-0.39, 0.29) is 5.56 Å². The van der Waals surface area contributed by atoms with E-state index >= 15 is 0 Å². The third kappa shape index (κ3) is 3.14. The van der Waals surface area contributed by atoms with Gasteiger partial charge in [-0.15, -0.1) is 11.8 Å². The summed E-state index contributed by atoms with van der Waals surface area (Å²) in [5.74, 6) is 0.436. The van der Waals surface area contributed by atoms with E-state index in [1.807, 2.05) is 12.1 Å². The summed E-state index contributed by atoms with van der Waals surface area (Å²) >= 11 is 1.79. The summed E-state index contributed by atoms with van der Waals surface area (Å²) in [6.07, 6.45) is 0. The molecule has 0 aliphatic heterocycles. The lowest BCUT2D eigenvalue weighted by atomic mass is 10.0. The molecule has 0 radical (unpaired) electrons. The zero-order valence-corrected chi connectivity index (χ0v) is 12.2. The number of aromatic carboxylic acids is 1. The van der Waals surface area contributed by atoms with Crippen LogP contribution in [0.1, 0.15) is 17.3 Å². The summed E-state index contributed by atoms with van der Waals surface area (Å²) in [7, 11) is 1.48. The van der Waals surface area contributed by atoms with E-state index in [1.54, 1.807) is 30.0 Å². The van der Waals surface area contributed by atoms with Crippen LogP contribution < -0.4 is 4.74 Å². The first-order chi connectivity index (χ1) is 9.65. The van der Waals surface area contributed by atoms with Gasteiger partial charge in [-0.2, -0.15) is 0 Å². The van der Waals surface area contributed by atoms with Crippen LogP contribution in [0.2, 0.25) is 0 Å². The lowest BCUT2D eigenvalue weighted by Gasteiger charge is -2.08. The number of carboxylic acids is 1. The Bertz CT molecular complexity index is 606. The van der Waals surface area contributed by atoms with Gasteiger partial charge in [0.2, 0.25) is 0 Å². The fraction of sp³-hybridized carbons (Fsp3) is 0.188. The number of ether oxygens (including phenoxy) is 1. The van der Waals surface area contributed by atoms with Crippen molar-refractivity contribution in [3.05, 3.63) is 48.0 Å². The van der Waals surface area contributed by atoms with E-state index < -0.39 is 5.97 Å². The van der Waals surface area contributed by atoms with Gasteiger partial charge in [-0.05, 0) is 41.1 Å². The molecular formula is C16H16O3S. The standard InChI is InChI=1S/C16H16O3S/c1-3-20-13-7-4-11(5-8-13)12-6-9-14(16(17)18)15(10-12)19-2/h4-10H,3H2,1-2H3,(H,17,18). The number of methoxy groups -OCH3 is 1. The maximum Gasteiger partial charge on any atom is 0.339 e. The summed E-state index contributed by atoms with van der Waals surface area (Å²) in [5, 5.41) is 9.07. The minimum atomic E-state index is -0.983. The smallest absolute Gasteiger partial charge is 0.339 e. The SMILES string of the molecule is CCSc1ccc(-c2ccc(C(=O)O)c(OC)c2)cc1. The second-order valence-electron chi connectivity index (χ2n) is 4.18. The Balaban J connectivity index is 2.35. The predicted octanol–water partition coefficient (Wildman–Crippen LogP) is 4.17. The van der Waals surface area contributed by atoms with Crippen LogP contribution in [-0.4, -0.2) is 23.9 Å². The van der Waals surface area contributed by atoms with E-state index in [0.29, 0.717) is 5.75 Å². The third-order valence-corrected chi connectivity index (χ3v) is 3.82. The van der Waals surface area contributed by atoms with Gasteiger partial charge >= 0.3 is 5.97 Å². The zero-order chi connectivity index (χ0) is 14.5. The molecule has 0 aliphatic rings. The van der Waals surface area contributed by atoms with Crippen molar-refractivity contribution in [3.8, 4) is 16.9 Å². The molecule has 0 fully saturated rings. The van der Waals surface area contributed by atoms with Gasteiger partial charge in [-0.25, -0.2) is 4.79 Å². The van der Waals surface area contributed by atoms with E-state index in [9.17, 15) is 4.79 Å². The number of benzene rings is 2. The van der Waals surface area contributed by atoms with Gasteiger partial charge < -0.3 is 9.84 Å². The minimum Gasteiger partial charge on any atom is -0.496 e. The molecule has 2 aromatic carbocycles. The number of thioether (sulfide) groups is 1. The van der Waals surface area contributed by atoms with Crippen LogP contribution in [0.4, 0.5) is 0 Å². The molecule has 3 nitrogen and oxygen atoms in total. The molecule has 0 amide bonds. The average molecular weight is 288 g/mol. The lowest BCUT2D eigenvalue weighted by molar-refractivity contribution is 0.0693. The van der Waals surface area contributed by atoms with Crippen molar-refractivity contribution in [2.24, 2.45) is 0 Å². The normalized spacial score (nSPS) is 10.3. The van der Waals surface area contributed by atoms with Gasteiger partial charge in [0.1, 0.15) is 11.3 Å². The Hall–Kier alpha value is -1.94.